The molecule has 683 valence electrons. The fourth-order valence-corrected chi connectivity index (χ4v) is 14.2. The van der Waals surface area contributed by atoms with Crippen molar-refractivity contribution in [3.05, 3.63) is 59.7 Å². The number of nitrogens with zero attached hydrogens (tertiary/aromatic N) is 8. The number of phenols is 2. The Labute approximate surface area is 719 Å². The molecule has 0 aromatic heterocycles. The van der Waals surface area contributed by atoms with E-state index in [0.29, 0.717) is 60.3 Å². The molecule has 0 spiro atoms. The Morgan fingerprint density at radius 3 is 1.10 bits per heavy atom. The molecule has 46 nitrogen and oxygen atoms in total. The number of hydrogen-bond donors (Lipinski definition) is 20. The molecule has 123 heavy (non-hydrogen) atoms. The minimum atomic E-state index is -1.84. The summed E-state index contributed by atoms with van der Waals surface area (Å²) in [6.45, 7) is 0.679. The molecule has 1 radical (unpaired) electrons. The van der Waals surface area contributed by atoms with Crippen molar-refractivity contribution < 1.29 is 134 Å². The average Bonchev–Trinajstić information content (AvgIpc) is 1.73. The fourth-order valence-electron chi connectivity index (χ4n) is 14.2. The van der Waals surface area contributed by atoms with Crippen molar-refractivity contribution in [2.75, 3.05) is 105 Å². The van der Waals surface area contributed by atoms with Crippen molar-refractivity contribution in [3.63, 3.8) is 0 Å². The Balaban J connectivity index is 0.0000269. The zero-order valence-electron chi connectivity index (χ0n) is 68.2. The van der Waals surface area contributed by atoms with Gasteiger partial charge in [-0.2, -0.15) is 10.1 Å². The number of carbonyl (C=O) groups is 16. The molecule has 2 aromatic rings. The molecule has 0 aliphatic carbocycles. The number of carbonyl (C=O) groups excluding carboxylic acids is 12. The number of nitrogens with one attached hydrogen (secondary N) is 8. The van der Waals surface area contributed by atoms with E-state index in [1.807, 2.05) is 0 Å². The first-order valence-electron chi connectivity index (χ1n) is 40.5. The number of aromatic hydroxyl groups is 2. The van der Waals surface area contributed by atoms with Gasteiger partial charge in [0.2, 0.25) is 47.3 Å². The first-order chi connectivity index (χ1) is 58.1. The molecule has 4 aliphatic rings. The Morgan fingerprint density at radius 2 is 0.764 bits per heavy atom. The molecule has 4 saturated heterocycles. The van der Waals surface area contributed by atoms with Crippen molar-refractivity contribution in [2.45, 2.75) is 189 Å². The van der Waals surface area contributed by atoms with Gasteiger partial charge >= 0.3 is 52.9 Å². The van der Waals surface area contributed by atoms with Crippen LogP contribution in [0.5, 0.6) is 11.5 Å². The molecule has 2 aromatic carbocycles. The number of nitrogens with two attached hydrogens (primary N) is 6. The van der Waals surface area contributed by atoms with Crippen molar-refractivity contribution in [1.82, 2.24) is 72.3 Å². The van der Waals surface area contributed by atoms with E-state index >= 15 is 9.59 Å². The molecule has 12 atom stereocenters. The van der Waals surface area contributed by atoms with Crippen LogP contribution in [0.2, 0.25) is 0 Å². The number of fused-ring (bicyclic) bond motifs is 3. The summed E-state index contributed by atoms with van der Waals surface area (Å²) in [4.78, 5) is 251. The van der Waals surface area contributed by atoms with E-state index in [2.05, 4.69) is 62.3 Å². The third-order valence-corrected chi connectivity index (χ3v) is 20.6. The summed E-state index contributed by atoms with van der Waals surface area (Å²) in [7, 11) is 0. The molecule has 2 unspecified atom stereocenters. The second-order valence-electron chi connectivity index (χ2n) is 29.9. The minimum Gasteiger partial charge on any atom is -0.508 e. The molecule has 4 heterocycles. The van der Waals surface area contributed by atoms with Gasteiger partial charge in [-0.25, -0.2) is 9.59 Å². The van der Waals surface area contributed by atoms with Gasteiger partial charge in [0.1, 0.15) is 71.9 Å². The summed E-state index contributed by atoms with van der Waals surface area (Å²) >= 11 is 0. The van der Waals surface area contributed by atoms with Crippen molar-refractivity contribution in [3.8, 4) is 11.5 Å². The summed E-state index contributed by atoms with van der Waals surface area (Å²) in [5.74, 6) is -20.3. The van der Waals surface area contributed by atoms with Crippen molar-refractivity contribution in [1.29, 1.82) is 0 Å². The number of aliphatic imine (C=N–C) groups is 2. The maximum Gasteiger partial charge on any atom is 2.00 e. The Kier molecular flexibility index (Phi) is 43.6. The van der Waals surface area contributed by atoms with E-state index < -0.39 is 207 Å². The number of aliphatic carboxylic acids is 4. The van der Waals surface area contributed by atoms with E-state index in [1.165, 1.54) is 48.5 Å². The number of hydroxylamine groups is 4. The Hall–Kier alpha value is -11.6. The number of rotatable bonds is 36. The average molecular weight is 1790 g/mol. The van der Waals surface area contributed by atoms with Crippen LogP contribution >= 0.6 is 0 Å². The van der Waals surface area contributed by atoms with Gasteiger partial charge in [-0.1, -0.05) is 24.3 Å². The fraction of sp³-hybridized carbons (Fsp3) is 0.605. The third kappa shape index (κ3) is 35.4. The van der Waals surface area contributed by atoms with Gasteiger partial charge in [0.05, 0.1) is 38.8 Å². The van der Waals surface area contributed by atoms with E-state index in [0.717, 1.165) is 0 Å². The summed E-state index contributed by atoms with van der Waals surface area (Å²) in [6, 6.07) is -5.74. The van der Waals surface area contributed by atoms with Crippen LogP contribution in [0.25, 0.3) is 0 Å². The Morgan fingerprint density at radius 1 is 0.423 bits per heavy atom. The van der Waals surface area contributed by atoms with Crippen LogP contribution in [0.15, 0.2) is 58.5 Å². The number of guanidine groups is 2. The molecule has 26 N–H and O–H groups in total. The first kappa shape index (κ1) is 102. The second-order valence-corrected chi connectivity index (χ2v) is 29.9. The number of carboxylic acids is 4. The molecular weight excluding hydrogens is 1670 g/mol. The van der Waals surface area contributed by atoms with Gasteiger partial charge in [-0.15, -0.1) is 0 Å². The molecule has 47 heteroatoms. The number of phenolic OH excluding ortho intramolecular Hbond substituents is 2. The molecule has 4 aliphatic heterocycles. The minimum absolute atomic E-state index is 0. The van der Waals surface area contributed by atoms with E-state index in [1.54, 1.807) is 9.80 Å². The van der Waals surface area contributed by atoms with Crippen LogP contribution < -0.4 is 76.9 Å². The predicted octanol–water partition coefficient (Wildman–Crippen LogP) is -6.84. The third-order valence-electron chi connectivity index (χ3n) is 20.6. The summed E-state index contributed by atoms with van der Waals surface area (Å²) in [6.07, 6.45) is -4.78. The molecular formula is C76H116CuN22O24+2. The predicted molar refractivity (Wildman–Crippen MR) is 431 cm³/mol. The SMILES string of the molecule is NCCCC[C@@H]1NC(=O)[C@@H](Cc2ccc(O)cc2)NC(=O)[C@H](CC(=O)O)NC(=O)CNC(=O)[C@H](CCCN=C(N)N)N(OC(=O)CC[C@@H](C(=O)O)N2CCCN3CCN(CCCN([C@@H](CCC(=O)ON4C(=O)[C@H](CCCCN)NC(=O)[C@@H](Cc5ccc(O)cc5)NC(=O)[C@H](CC(=O)O)NC(=O)CNC(=O)[C@@H]4CCCN=C(N)N)C(=O)O)CC3)CC2)C1=O.[64Cu+2]. The zero-order chi connectivity index (χ0) is 89.5. The van der Waals surface area contributed by atoms with Gasteiger partial charge < -0.3 is 127 Å². The number of carboxylic acid groups (broad SMARTS) is 4. The van der Waals surface area contributed by atoms with E-state index in [4.69, 9.17) is 44.1 Å². The van der Waals surface area contributed by atoms with Gasteiger partial charge in [0.25, 0.3) is 11.8 Å². The molecule has 4 fully saturated rings. The summed E-state index contributed by atoms with van der Waals surface area (Å²) in [5.41, 5.74) is 34.8. The molecule has 0 saturated carbocycles. The molecule has 6 rings (SSSR count). The maximum atomic E-state index is 15.3. The topological polar surface area (TPSA) is 709 Å². The summed E-state index contributed by atoms with van der Waals surface area (Å²) < 4.78 is 0. The van der Waals surface area contributed by atoms with Crippen molar-refractivity contribution in [2.24, 2.45) is 44.4 Å². The van der Waals surface area contributed by atoms with Crippen LogP contribution in [-0.2, 0) is 116 Å². The van der Waals surface area contributed by atoms with E-state index in [9.17, 15) is 97.8 Å². The Bertz CT molecular complexity index is 3740. The second kappa shape index (κ2) is 52.6. The van der Waals surface area contributed by atoms with Gasteiger partial charge in [0.15, 0.2) is 11.9 Å². The van der Waals surface area contributed by atoms with Gasteiger partial charge in [0, 0.05) is 78.3 Å². The zero-order valence-corrected chi connectivity index (χ0v) is 69.2. The maximum absolute atomic E-state index is 15.3. The van der Waals surface area contributed by atoms with Crippen LogP contribution in [0.4, 0.5) is 0 Å². The van der Waals surface area contributed by atoms with Crippen molar-refractivity contribution >= 4 is 107 Å². The molecule has 10 amide bonds. The molecule has 2 bridgehead atoms. The van der Waals surface area contributed by atoms with Crippen LogP contribution in [0, 0.1) is 0 Å². The van der Waals surface area contributed by atoms with Crippen LogP contribution in [0.3, 0.4) is 0 Å². The van der Waals surface area contributed by atoms with E-state index in [-0.39, 0.29) is 183 Å². The standard InChI is InChI=1S/C76H116N22O24.Cu/c77-25-3-1-9-49-71(115)97(55(11-5-27-83-75(79)80)69(113)85-43-59(101)87-53(41-61(103)104)67(111)91-51(65(109)89-49)39-45-13-17-47(99)18-14-45)121-63(107)23-21-57(73(117)118)95-31-7-29-94-34-33-93(35-37-95)30-8-32-96(38-36-94)58(74(119)120)22-24-64(108)122-98-56(12-6-28-84-76(81)82)70(114)86-44-60(102)88-54(42-62(105)106)68(112)92-52(40-46-15-19-48(100)20-16-46)66(110)90-50(72(98)116)10-2-4-26-78;/h13-20,49-58,99-100H,1-12,21-44,77-78H2,(H,85,113)(H,86,114)(H,87,101)(H,88,102)(H,89,109)(H,90,110)(H,91,111)(H,92,112)(H,103,104)(H,105,106)(H,117,118)(H,119,120)(H4,79,80,83)(H4,81,82,84);/q;+2/t49-,50-,51+,52+,53-,54-,55-,56-,57-,58-;/m0./s1/i;1+0. The van der Waals surface area contributed by atoms with Crippen LogP contribution in [-0.4, -0.2) is 332 Å². The van der Waals surface area contributed by atoms with Gasteiger partial charge in [-0.3, -0.25) is 86.9 Å². The normalized spacial score (nSPS) is 23.0. The largest absolute Gasteiger partial charge is 2.00 e. The smallest absolute Gasteiger partial charge is 0.508 e. The number of hydrogen-bond acceptors (Lipinski definition) is 28. The summed E-state index contributed by atoms with van der Waals surface area (Å²) in [5, 5.41) is 81.7. The van der Waals surface area contributed by atoms with Crippen LogP contribution in [0.1, 0.15) is 127 Å². The van der Waals surface area contributed by atoms with Gasteiger partial charge in [-0.05, 0) is 151 Å². The monoisotopic (exact) mass is 1780 g/mol. The first-order valence-corrected chi connectivity index (χ1v) is 40.5. The number of amides is 10. The quantitative estimate of drug-likeness (QED) is 0.0130. The number of benzene rings is 2. The number of unbranched alkanes of at least 4 members (excludes halogenated alkanes) is 2.